The van der Waals surface area contributed by atoms with E-state index >= 15 is 0 Å². The van der Waals surface area contributed by atoms with Crippen LogP contribution in [0, 0.1) is 6.92 Å². The predicted octanol–water partition coefficient (Wildman–Crippen LogP) is 3.21. The second-order valence-electron chi connectivity index (χ2n) is 7.59. The normalized spacial score (nSPS) is 11.7. The maximum absolute atomic E-state index is 13.3. The highest BCUT2D eigenvalue weighted by atomic mass is 35.5. The van der Waals surface area contributed by atoms with Crippen LogP contribution in [-0.2, 0) is 7.05 Å². The van der Waals surface area contributed by atoms with Crippen molar-refractivity contribution in [2.75, 3.05) is 0 Å². The van der Waals surface area contributed by atoms with Gasteiger partial charge >= 0.3 is 5.69 Å². The molecule has 0 fully saturated rings. The van der Waals surface area contributed by atoms with Gasteiger partial charge in [-0.15, -0.1) is 0 Å². The van der Waals surface area contributed by atoms with E-state index in [1.54, 1.807) is 49.8 Å². The first-order valence-corrected chi connectivity index (χ1v) is 10.9. The largest absolute Gasteiger partial charge is 0.493 e. The Morgan fingerprint density at radius 1 is 1.03 bits per heavy atom. The van der Waals surface area contributed by atoms with Crippen LogP contribution >= 0.6 is 11.6 Å². The van der Waals surface area contributed by atoms with Crippen LogP contribution in [0.15, 0.2) is 74.0 Å². The molecule has 34 heavy (non-hydrogen) atoms. The number of rotatable bonds is 5. The van der Waals surface area contributed by atoms with Gasteiger partial charge in [-0.3, -0.25) is 19.3 Å². The molecule has 0 unspecified atom stereocenters. The molecule has 0 aliphatic rings. The molecular weight excluding hydrogens is 458 g/mol. The van der Waals surface area contributed by atoms with Crippen molar-refractivity contribution in [3.63, 3.8) is 0 Å². The number of hydrogen-bond acceptors (Lipinski definition) is 5. The number of halogens is 1. The zero-order valence-corrected chi connectivity index (χ0v) is 19.5. The smallest absolute Gasteiger partial charge is 0.335 e. The van der Waals surface area contributed by atoms with E-state index in [1.807, 2.05) is 18.2 Å². The molecule has 174 valence electrons. The minimum atomic E-state index is -0.814. The maximum atomic E-state index is 13.3. The second-order valence-corrected chi connectivity index (χ2v) is 8.03. The molecule has 0 aliphatic heterocycles. The molecule has 0 radical (unpaired) electrons. The molecule has 9 nitrogen and oxygen atoms in total. The van der Waals surface area contributed by atoms with Gasteiger partial charge in [0.2, 0.25) is 5.88 Å². The average Bonchev–Trinajstić information content (AvgIpc) is 3.02. The van der Waals surface area contributed by atoms with E-state index in [1.165, 1.54) is 16.8 Å². The lowest BCUT2D eigenvalue weighted by molar-refractivity contribution is 0.429. The van der Waals surface area contributed by atoms with Gasteiger partial charge < -0.3 is 5.11 Å². The highest BCUT2D eigenvalue weighted by Gasteiger charge is 2.22. The molecule has 0 spiro atoms. The maximum Gasteiger partial charge on any atom is 0.335 e. The number of aromatic nitrogens is 4. The van der Waals surface area contributed by atoms with Crippen molar-refractivity contribution in [3.05, 3.63) is 102 Å². The summed E-state index contributed by atoms with van der Waals surface area (Å²) in [4.78, 5) is 45.2. The molecule has 0 saturated heterocycles. The summed E-state index contributed by atoms with van der Waals surface area (Å²) in [5.74, 6) is -0.575. The standard InChI is InChI=1S/C24H22ClN5O4/c1-4-18(26-20-14(2)28(3)30(23(20)33)17-8-6-5-7-9-17)19-21(31)27-24(34)29(22(19)32)16-12-10-15(25)11-13-16/h5-13,32H,4H2,1-3H3,(H,27,31,34). The summed E-state index contributed by atoms with van der Waals surface area (Å²) in [5.41, 5.74) is -0.348. The Labute approximate surface area is 198 Å². The summed E-state index contributed by atoms with van der Waals surface area (Å²) < 4.78 is 4.10. The topological polar surface area (TPSA) is 114 Å². The van der Waals surface area contributed by atoms with Crippen LogP contribution in [-0.4, -0.2) is 29.7 Å². The van der Waals surface area contributed by atoms with Gasteiger partial charge in [-0.25, -0.2) is 19.0 Å². The number of aromatic amines is 1. The third-order valence-corrected chi connectivity index (χ3v) is 5.82. The summed E-state index contributed by atoms with van der Waals surface area (Å²) in [5, 5.41) is 11.4. The van der Waals surface area contributed by atoms with Gasteiger partial charge in [-0.1, -0.05) is 36.7 Å². The van der Waals surface area contributed by atoms with Crippen LogP contribution in [0.2, 0.25) is 5.02 Å². The fraction of sp³-hybridized carbons (Fsp3) is 0.167. The van der Waals surface area contributed by atoms with Crippen molar-refractivity contribution < 1.29 is 5.11 Å². The van der Waals surface area contributed by atoms with E-state index < -0.39 is 17.1 Å². The van der Waals surface area contributed by atoms with Gasteiger partial charge in [0.1, 0.15) is 5.56 Å². The molecule has 0 saturated carbocycles. The number of hydrogen-bond donors (Lipinski definition) is 2. The number of nitrogens with one attached hydrogen (secondary N) is 1. The van der Waals surface area contributed by atoms with E-state index in [9.17, 15) is 19.5 Å². The number of H-pyrrole nitrogens is 1. The Morgan fingerprint density at radius 2 is 1.68 bits per heavy atom. The fourth-order valence-corrected chi connectivity index (χ4v) is 3.87. The van der Waals surface area contributed by atoms with Gasteiger partial charge in [-0.2, -0.15) is 0 Å². The quantitative estimate of drug-likeness (QED) is 0.428. The molecule has 2 aromatic carbocycles. The van der Waals surface area contributed by atoms with Crippen LogP contribution in [0.3, 0.4) is 0 Å². The molecule has 4 rings (SSSR count). The minimum absolute atomic E-state index is 0.131. The first kappa shape index (κ1) is 23.1. The van der Waals surface area contributed by atoms with Gasteiger partial charge in [0.05, 0.1) is 22.8 Å². The summed E-state index contributed by atoms with van der Waals surface area (Å²) >= 11 is 5.93. The lowest BCUT2D eigenvalue weighted by Crippen LogP contribution is -2.33. The SMILES string of the molecule is CCC(=Nc1c(C)n(C)n(-c2ccccc2)c1=O)c1c(O)n(-c2ccc(Cl)cc2)c(=O)[nH]c1=O. The molecule has 2 N–H and O–H groups in total. The second kappa shape index (κ2) is 9.03. The predicted molar refractivity (Wildman–Crippen MR) is 132 cm³/mol. The molecule has 2 aromatic heterocycles. The zero-order chi connectivity index (χ0) is 24.6. The van der Waals surface area contributed by atoms with E-state index in [0.717, 1.165) is 4.57 Å². The van der Waals surface area contributed by atoms with Crippen molar-refractivity contribution in [1.82, 2.24) is 18.9 Å². The van der Waals surface area contributed by atoms with Gasteiger partial charge in [0, 0.05) is 12.1 Å². The molecule has 4 aromatic rings. The van der Waals surface area contributed by atoms with E-state index in [4.69, 9.17) is 11.6 Å². The highest BCUT2D eigenvalue weighted by molar-refractivity contribution is 6.30. The lowest BCUT2D eigenvalue weighted by atomic mass is 10.1. The molecule has 0 aliphatic carbocycles. The Kier molecular flexibility index (Phi) is 6.12. The summed E-state index contributed by atoms with van der Waals surface area (Å²) in [7, 11) is 1.74. The van der Waals surface area contributed by atoms with Gasteiger partial charge in [-0.05, 0) is 49.7 Å². The average molecular weight is 480 g/mol. The number of benzene rings is 2. The van der Waals surface area contributed by atoms with Crippen LogP contribution in [0.5, 0.6) is 5.88 Å². The molecular formula is C24H22ClN5O4. The van der Waals surface area contributed by atoms with Crippen LogP contribution in [0.4, 0.5) is 5.69 Å². The van der Waals surface area contributed by atoms with Crippen molar-refractivity contribution in [2.45, 2.75) is 20.3 Å². The summed E-state index contributed by atoms with van der Waals surface area (Å²) in [6, 6.07) is 15.3. The van der Waals surface area contributed by atoms with Crippen LogP contribution < -0.4 is 16.8 Å². The zero-order valence-electron chi connectivity index (χ0n) is 18.7. The first-order valence-electron chi connectivity index (χ1n) is 10.5. The van der Waals surface area contributed by atoms with E-state index in [0.29, 0.717) is 22.1 Å². The molecule has 0 bridgehead atoms. The van der Waals surface area contributed by atoms with E-state index in [2.05, 4.69) is 9.98 Å². The Morgan fingerprint density at radius 3 is 2.29 bits per heavy atom. The van der Waals surface area contributed by atoms with Crippen molar-refractivity contribution in [1.29, 1.82) is 0 Å². The van der Waals surface area contributed by atoms with Crippen molar-refractivity contribution >= 4 is 23.0 Å². The summed E-state index contributed by atoms with van der Waals surface area (Å²) in [6.07, 6.45) is 0.217. The number of para-hydroxylation sites is 1. The molecule has 0 atom stereocenters. The van der Waals surface area contributed by atoms with Crippen LogP contribution in [0.25, 0.3) is 11.4 Å². The number of nitrogens with zero attached hydrogens (tertiary/aromatic N) is 4. The Balaban J connectivity index is 1.94. The fourth-order valence-electron chi connectivity index (χ4n) is 3.74. The minimum Gasteiger partial charge on any atom is -0.493 e. The number of aromatic hydroxyl groups is 1. The monoisotopic (exact) mass is 479 g/mol. The third kappa shape index (κ3) is 3.90. The molecule has 0 amide bonds. The summed E-state index contributed by atoms with van der Waals surface area (Å²) in [6.45, 7) is 3.48. The van der Waals surface area contributed by atoms with Gasteiger partial charge in [0.25, 0.3) is 11.1 Å². The first-order chi connectivity index (χ1) is 16.2. The van der Waals surface area contributed by atoms with Crippen molar-refractivity contribution in [3.8, 4) is 17.3 Å². The number of aliphatic imine (C=N–C) groups is 1. The Hall–Kier alpha value is -4.11. The van der Waals surface area contributed by atoms with Gasteiger partial charge in [0.15, 0.2) is 5.69 Å². The highest BCUT2D eigenvalue weighted by Crippen LogP contribution is 2.23. The van der Waals surface area contributed by atoms with E-state index in [-0.39, 0.29) is 28.9 Å². The molecule has 2 heterocycles. The van der Waals surface area contributed by atoms with Crippen molar-refractivity contribution in [2.24, 2.45) is 12.0 Å². The lowest BCUT2D eigenvalue weighted by Gasteiger charge is -2.12. The third-order valence-electron chi connectivity index (χ3n) is 5.56. The Bertz CT molecular complexity index is 1580. The molecule has 10 heteroatoms. The van der Waals surface area contributed by atoms with Crippen LogP contribution in [0.1, 0.15) is 24.6 Å².